The Morgan fingerprint density at radius 1 is 1.40 bits per heavy atom. The molecule has 1 aliphatic carbocycles. The maximum Gasteiger partial charge on any atom is 0.122 e. The number of hydrogen-bond acceptors (Lipinski definition) is 2. The highest BCUT2D eigenvalue weighted by molar-refractivity contribution is 5.38. The Labute approximate surface area is 91.4 Å². The largest absolute Gasteiger partial charge is 0.492 e. The molecule has 0 aromatic heterocycles. The van der Waals surface area contributed by atoms with Crippen LogP contribution in [-0.4, -0.2) is 12.6 Å². The van der Waals surface area contributed by atoms with Crippen LogP contribution >= 0.6 is 0 Å². The molecule has 2 nitrogen and oxygen atoms in total. The summed E-state index contributed by atoms with van der Waals surface area (Å²) in [5.41, 5.74) is 8.48. The average Bonchev–Trinajstić information content (AvgIpc) is 3.03. The second-order valence-corrected chi connectivity index (χ2v) is 4.51. The molecule has 1 saturated carbocycles. The smallest absolute Gasteiger partial charge is 0.122 e. The van der Waals surface area contributed by atoms with Crippen molar-refractivity contribution in [2.75, 3.05) is 6.61 Å². The zero-order valence-electron chi connectivity index (χ0n) is 9.49. The van der Waals surface area contributed by atoms with E-state index >= 15 is 0 Å². The molecule has 2 N–H and O–H groups in total. The van der Waals surface area contributed by atoms with E-state index in [1.165, 1.54) is 24.0 Å². The Bertz CT molecular complexity index is 344. The van der Waals surface area contributed by atoms with Gasteiger partial charge in [-0.25, -0.2) is 0 Å². The van der Waals surface area contributed by atoms with E-state index in [0.717, 1.165) is 5.75 Å². The summed E-state index contributed by atoms with van der Waals surface area (Å²) in [6.45, 7) is 4.84. The molecule has 0 spiro atoms. The fourth-order valence-electron chi connectivity index (χ4n) is 1.73. The van der Waals surface area contributed by atoms with Crippen LogP contribution in [0.3, 0.4) is 0 Å². The summed E-state index contributed by atoms with van der Waals surface area (Å²) >= 11 is 0. The Kier molecular flexibility index (Phi) is 2.96. The topological polar surface area (TPSA) is 35.2 Å². The van der Waals surface area contributed by atoms with Crippen LogP contribution in [-0.2, 0) is 0 Å². The molecule has 1 aromatic rings. The minimum atomic E-state index is 0.213. The molecule has 0 saturated heterocycles. The first-order chi connectivity index (χ1) is 7.18. The van der Waals surface area contributed by atoms with Crippen LogP contribution in [0, 0.1) is 19.8 Å². The van der Waals surface area contributed by atoms with Gasteiger partial charge in [0.25, 0.3) is 0 Å². The molecule has 0 heterocycles. The molecule has 0 aliphatic heterocycles. The van der Waals surface area contributed by atoms with Crippen molar-refractivity contribution in [1.29, 1.82) is 0 Å². The van der Waals surface area contributed by atoms with Gasteiger partial charge < -0.3 is 10.5 Å². The molecule has 0 bridgehead atoms. The van der Waals surface area contributed by atoms with Gasteiger partial charge in [0, 0.05) is 6.04 Å². The molecule has 1 fully saturated rings. The molecule has 2 rings (SSSR count). The average molecular weight is 205 g/mol. The lowest BCUT2D eigenvalue weighted by Gasteiger charge is -2.14. The summed E-state index contributed by atoms with van der Waals surface area (Å²) in [6, 6.07) is 6.36. The first-order valence-corrected chi connectivity index (χ1v) is 5.63. The van der Waals surface area contributed by atoms with Crippen molar-refractivity contribution in [3.63, 3.8) is 0 Å². The fourth-order valence-corrected chi connectivity index (χ4v) is 1.73. The predicted molar refractivity (Wildman–Crippen MR) is 62.1 cm³/mol. The Morgan fingerprint density at radius 2 is 2.13 bits per heavy atom. The van der Waals surface area contributed by atoms with Gasteiger partial charge in [0.2, 0.25) is 0 Å². The third-order valence-corrected chi connectivity index (χ3v) is 3.21. The maximum absolute atomic E-state index is 5.99. The van der Waals surface area contributed by atoms with E-state index in [2.05, 4.69) is 19.9 Å². The highest BCUT2D eigenvalue weighted by Crippen LogP contribution is 2.32. The lowest BCUT2D eigenvalue weighted by molar-refractivity contribution is 0.274. The van der Waals surface area contributed by atoms with Crippen LogP contribution in [0.2, 0.25) is 0 Å². The van der Waals surface area contributed by atoms with Crippen LogP contribution in [0.1, 0.15) is 24.0 Å². The molecule has 0 amide bonds. The van der Waals surface area contributed by atoms with Gasteiger partial charge >= 0.3 is 0 Å². The lowest BCUT2D eigenvalue weighted by Crippen LogP contribution is -2.30. The van der Waals surface area contributed by atoms with Crippen molar-refractivity contribution < 1.29 is 4.74 Å². The zero-order valence-corrected chi connectivity index (χ0v) is 9.49. The maximum atomic E-state index is 5.99. The first-order valence-electron chi connectivity index (χ1n) is 5.63. The molecule has 1 unspecified atom stereocenters. The normalized spacial score (nSPS) is 17.5. The molecular formula is C13H19NO. The highest BCUT2D eigenvalue weighted by atomic mass is 16.5. The summed E-state index contributed by atoms with van der Waals surface area (Å²) < 4.78 is 5.76. The van der Waals surface area contributed by atoms with Gasteiger partial charge in [-0.2, -0.15) is 0 Å². The minimum Gasteiger partial charge on any atom is -0.492 e. The van der Waals surface area contributed by atoms with Gasteiger partial charge in [-0.3, -0.25) is 0 Å². The van der Waals surface area contributed by atoms with E-state index in [4.69, 9.17) is 10.5 Å². The molecule has 1 aliphatic rings. The third kappa shape index (κ3) is 2.51. The summed E-state index contributed by atoms with van der Waals surface area (Å²) in [4.78, 5) is 0. The molecule has 15 heavy (non-hydrogen) atoms. The van der Waals surface area contributed by atoms with Gasteiger partial charge in [0.15, 0.2) is 0 Å². The second-order valence-electron chi connectivity index (χ2n) is 4.51. The fraction of sp³-hybridized carbons (Fsp3) is 0.538. The van der Waals surface area contributed by atoms with Gasteiger partial charge in [-0.15, -0.1) is 0 Å². The van der Waals surface area contributed by atoms with Crippen molar-refractivity contribution in [2.24, 2.45) is 11.7 Å². The molecule has 82 valence electrons. The van der Waals surface area contributed by atoms with E-state index in [-0.39, 0.29) is 6.04 Å². The van der Waals surface area contributed by atoms with E-state index in [9.17, 15) is 0 Å². The summed E-state index contributed by atoms with van der Waals surface area (Å²) in [5, 5.41) is 0. The number of ether oxygens (including phenoxy) is 1. The van der Waals surface area contributed by atoms with Gasteiger partial charge in [0.1, 0.15) is 12.4 Å². The van der Waals surface area contributed by atoms with Gasteiger partial charge in [0.05, 0.1) is 0 Å². The van der Waals surface area contributed by atoms with E-state index in [1.54, 1.807) is 0 Å². The number of hydrogen-bond donors (Lipinski definition) is 1. The Morgan fingerprint density at radius 3 is 2.80 bits per heavy atom. The van der Waals surface area contributed by atoms with E-state index in [0.29, 0.717) is 12.5 Å². The number of aryl methyl sites for hydroxylation is 1. The van der Waals surface area contributed by atoms with E-state index < -0.39 is 0 Å². The molecule has 1 aromatic carbocycles. The predicted octanol–water partition coefficient (Wildman–Crippen LogP) is 2.42. The van der Waals surface area contributed by atoms with Crippen LogP contribution in [0.25, 0.3) is 0 Å². The molecule has 2 heteroatoms. The quantitative estimate of drug-likeness (QED) is 0.819. The van der Waals surface area contributed by atoms with Gasteiger partial charge in [-0.1, -0.05) is 12.1 Å². The third-order valence-electron chi connectivity index (χ3n) is 3.21. The van der Waals surface area contributed by atoms with Gasteiger partial charge in [-0.05, 0) is 49.8 Å². The van der Waals surface area contributed by atoms with Crippen molar-refractivity contribution in [2.45, 2.75) is 32.7 Å². The SMILES string of the molecule is Cc1cccc(OCC(N)C2CC2)c1C. The van der Waals surface area contributed by atoms with Crippen LogP contribution in [0.4, 0.5) is 0 Å². The van der Waals surface area contributed by atoms with Crippen LogP contribution in [0.15, 0.2) is 18.2 Å². The monoisotopic (exact) mass is 205 g/mol. The molecule has 1 atom stereocenters. The van der Waals surface area contributed by atoms with E-state index in [1.807, 2.05) is 12.1 Å². The van der Waals surface area contributed by atoms with Crippen molar-refractivity contribution in [3.05, 3.63) is 29.3 Å². The number of nitrogens with two attached hydrogens (primary N) is 1. The van der Waals surface area contributed by atoms with Crippen molar-refractivity contribution >= 4 is 0 Å². The zero-order chi connectivity index (χ0) is 10.8. The summed E-state index contributed by atoms with van der Waals surface area (Å²) in [5.74, 6) is 1.68. The second kappa shape index (κ2) is 4.23. The summed E-state index contributed by atoms with van der Waals surface area (Å²) in [7, 11) is 0. The Balaban J connectivity index is 1.95. The van der Waals surface area contributed by atoms with Crippen LogP contribution < -0.4 is 10.5 Å². The minimum absolute atomic E-state index is 0.213. The van der Waals surface area contributed by atoms with Crippen molar-refractivity contribution in [3.8, 4) is 5.75 Å². The highest BCUT2D eigenvalue weighted by Gasteiger charge is 2.28. The summed E-state index contributed by atoms with van der Waals surface area (Å²) in [6.07, 6.45) is 2.55. The van der Waals surface area contributed by atoms with Crippen molar-refractivity contribution in [1.82, 2.24) is 0 Å². The Hall–Kier alpha value is -1.02. The standard InChI is InChI=1S/C13H19NO/c1-9-4-3-5-13(10(9)2)15-8-12(14)11-6-7-11/h3-5,11-12H,6-8,14H2,1-2H3. The number of benzene rings is 1. The molecular weight excluding hydrogens is 186 g/mol. The lowest BCUT2D eigenvalue weighted by atomic mass is 10.1. The first kappa shape index (κ1) is 10.5. The number of rotatable bonds is 4. The molecule has 0 radical (unpaired) electrons. The van der Waals surface area contributed by atoms with Crippen LogP contribution in [0.5, 0.6) is 5.75 Å².